The van der Waals surface area contributed by atoms with Crippen molar-refractivity contribution in [3.05, 3.63) is 12.2 Å². The van der Waals surface area contributed by atoms with E-state index in [4.69, 9.17) is 0 Å². The van der Waals surface area contributed by atoms with Gasteiger partial charge in [0.05, 0.1) is 7.11 Å². The van der Waals surface area contributed by atoms with Gasteiger partial charge in [0.15, 0.2) is 0 Å². The molecule has 0 radical (unpaired) electrons. The van der Waals surface area contributed by atoms with Crippen LogP contribution in [0.2, 0.25) is 0 Å². The monoisotopic (exact) mass is 211 g/mol. The molecule has 84 valence electrons. The average Bonchev–Trinajstić information content (AvgIpc) is 2.23. The number of amides is 1. The van der Waals surface area contributed by atoms with Gasteiger partial charge in [-0.15, -0.1) is 0 Å². The number of esters is 1. The van der Waals surface area contributed by atoms with E-state index >= 15 is 0 Å². The Morgan fingerprint density at radius 1 is 1.47 bits per heavy atom. The van der Waals surface area contributed by atoms with E-state index in [1.807, 2.05) is 0 Å². The molecule has 0 atom stereocenters. The van der Waals surface area contributed by atoms with Gasteiger partial charge in [-0.1, -0.05) is 13.0 Å². The lowest BCUT2D eigenvalue weighted by Crippen LogP contribution is -2.38. The van der Waals surface area contributed by atoms with Crippen LogP contribution in [0, 0.1) is 0 Å². The molecule has 1 aliphatic rings. The number of ether oxygens (including phenoxy) is 1. The molecule has 0 unspecified atom stereocenters. The zero-order valence-corrected chi connectivity index (χ0v) is 9.12. The number of rotatable bonds is 2. The van der Waals surface area contributed by atoms with Crippen LogP contribution in [0.1, 0.15) is 25.7 Å². The summed E-state index contributed by atoms with van der Waals surface area (Å²) in [4.78, 5) is 24.4. The van der Waals surface area contributed by atoms with Crippen LogP contribution in [-0.4, -0.2) is 37.0 Å². The van der Waals surface area contributed by atoms with Crippen LogP contribution in [-0.2, 0) is 14.3 Å². The molecule has 15 heavy (non-hydrogen) atoms. The Morgan fingerprint density at radius 2 is 2.20 bits per heavy atom. The van der Waals surface area contributed by atoms with Crippen molar-refractivity contribution in [2.45, 2.75) is 25.7 Å². The van der Waals surface area contributed by atoms with Crippen molar-refractivity contribution in [3.8, 4) is 0 Å². The quantitative estimate of drug-likeness (QED) is 0.508. The molecule has 1 aliphatic heterocycles. The van der Waals surface area contributed by atoms with Crippen molar-refractivity contribution in [1.82, 2.24) is 4.90 Å². The Labute approximate surface area is 89.9 Å². The number of hydrogen-bond donors (Lipinski definition) is 0. The number of likely N-dealkylation sites (tertiary alicyclic amines) is 1. The molecule has 1 rings (SSSR count). The first-order valence-electron chi connectivity index (χ1n) is 5.19. The van der Waals surface area contributed by atoms with E-state index in [-0.39, 0.29) is 18.4 Å². The smallest absolute Gasteiger partial charge is 0.325 e. The second-order valence-corrected chi connectivity index (χ2v) is 3.72. The molecule has 0 spiro atoms. The SMILES string of the molecule is C=C1CCCCCN(CC(=O)OC)C1=O. The molecule has 4 heteroatoms. The zero-order chi connectivity index (χ0) is 11.3. The Hall–Kier alpha value is -1.32. The summed E-state index contributed by atoms with van der Waals surface area (Å²) in [6, 6.07) is 0. The Morgan fingerprint density at radius 3 is 2.87 bits per heavy atom. The molecule has 0 aromatic heterocycles. The van der Waals surface area contributed by atoms with Gasteiger partial charge in [0, 0.05) is 12.1 Å². The van der Waals surface area contributed by atoms with Crippen molar-refractivity contribution in [3.63, 3.8) is 0 Å². The summed E-state index contributed by atoms with van der Waals surface area (Å²) in [5.41, 5.74) is 0.596. The second-order valence-electron chi connectivity index (χ2n) is 3.72. The lowest BCUT2D eigenvalue weighted by atomic mass is 10.0. The van der Waals surface area contributed by atoms with Gasteiger partial charge in [0.1, 0.15) is 6.54 Å². The normalized spacial score (nSPS) is 18.3. The van der Waals surface area contributed by atoms with Gasteiger partial charge in [-0.05, 0) is 19.3 Å². The molecular weight excluding hydrogens is 194 g/mol. The third-order valence-corrected chi connectivity index (χ3v) is 2.54. The van der Waals surface area contributed by atoms with Gasteiger partial charge in [0.25, 0.3) is 0 Å². The van der Waals surface area contributed by atoms with E-state index in [1.54, 1.807) is 0 Å². The van der Waals surface area contributed by atoms with Gasteiger partial charge in [-0.25, -0.2) is 0 Å². The summed E-state index contributed by atoms with van der Waals surface area (Å²) < 4.78 is 4.55. The molecule has 0 N–H and O–H groups in total. The van der Waals surface area contributed by atoms with Gasteiger partial charge >= 0.3 is 5.97 Å². The molecule has 0 aliphatic carbocycles. The second kappa shape index (κ2) is 5.53. The van der Waals surface area contributed by atoms with Crippen molar-refractivity contribution in [1.29, 1.82) is 0 Å². The van der Waals surface area contributed by atoms with Gasteiger partial charge in [-0.2, -0.15) is 0 Å². The van der Waals surface area contributed by atoms with Gasteiger partial charge in [0.2, 0.25) is 5.91 Å². The number of hydrogen-bond acceptors (Lipinski definition) is 3. The van der Waals surface area contributed by atoms with Crippen LogP contribution in [0.15, 0.2) is 12.2 Å². The number of nitrogens with zero attached hydrogens (tertiary/aromatic N) is 1. The molecule has 0 bridgehead atoms. The largest absolute Gasteiger partial charge is 0.468 e. The van der Waals surface area contributed by atoms with Gasteiger partial charge in [-0.3, -0.25) is 9.59 Å². The summed E-state index contributed by atoms with van der Waals surface area (Å²) in [5, 5.41) is 0. The molecule has 4 nitrogen and oxygen atoms in total. The average molecular weight is 211 g/mol. The predicted molar refractivity (Wildman–Crippen MR) is 56.2 cm³/mol. The third-order valence-electron chi connectivity index (χ3n) is 2.54. The fourth-order valence-corrected chi connectivity index (χ4v) is 1.62. The number of carbonyl (C=O) groups is 2. The van der Waals surface area contributed by atoms with E-state index in [0.29, 0.717) is 12.1 Å². The molecule has 1 saturated heterocycles. The first kappa shape index (κ1) is 11.8. The van der Waals surface area contributed by atoms with Crippen molar-refractivity contribution in [2.24, 2.45) is 0 Å². The fourth-order valence-electron chi connectivity index (χ4n) is 1.62. The van der Waals surface area contributed by atoms with Gasteiger partial charge < -0.3 is 9.64 Å². The molecule has 0 aromatic carbocycles. The molecular formula is C11H17NO3. The minimum atomic E-state index is -0.378. The van der Waals surface area contributed by atoms with Crippen LogP contribution in [0.5, 0.6) is 0 Å². The summed E-state index contributed by atoms with van der Waals surface area (Å²) in [7, 11) is 1.33. The minimum Gasteiger partial charge on any atom is -0.468 e. The van der Waals surface area contributed by atoms with E-state index in [9.17, 15) is 9.59 Å². The highest BCUT2D eigenvalue weighted by atomic mass is 16.5. The van der Waals surface area contributed by atoms with Crippen LogP contribution >= 0.6 is 0 Å². The number of methoxy groups -OCH3 is 1. The standard InChI is InChI=1S/C11H17NO3/c1-9-6-4-3-5-7-12(11(9)14)8-10(13)15-2/h1,3-8H2,2H3. The first-order chi connectivity index (χ1) is 7.15. The summed E-state index contributed by atoms with van der Waals surface area (Å²) in [5.74, 6) is -0.489. The topological polar surface area (TPSA) is 46.6 Å². The fraction of sp³-hybridized carbons (Fsp3) is 0.636. The molecule has 0 saturated carbocycles. The van der Waals surface area contributed by atoms with Crippen LogP contribution < -0.4 is 0 Å². The van der Waals surface area contributed by atoms with Crippen LogP contribution in [0.25, 0.3) is 0 Å². The Bertz CT molecular complexity index is 273. The zero-order valence-electron chi connectivity index (χ0n) is 9.12. The maximum absolute atomic E-state index is 11.8. The molecule has 1 heterocycles. The van der Waals surface area contributed by atoms with Crippen molar-refractivity contribution >= 4 is 11.9 Å². The Balaban J connectivity index is 2.61. The van der Waals surface area contributed by atoms with E-state index in [0.717, 1.165) is 25.7 Å². The Kier molecular flexibility index (Phi) is 4.34. The first-order valence-corrected chi connectivity index (χ1v) is 5.19. The highest BCUT2D eigenvalue weighted by Crippen LogP contribution is 2.15. The summed E-state index contributed by atoms with van der Waals surface area (Å²) in [6.07, 6.45) is 3.76. The van der Waals surface area contributed by atoms with Crippen LogP contribution in [0.3, 0.4) is 0 Å². The summed E-state index contributed by atoms with van der Waals surface area (Å²) >= 11 is 0. The van der Waals surface area contributed by atoms with Crippen LogP contribution in [0.4, 0.5) is 0 Å². The maximum atomic E-state index is 11.8. The maximum Gasteiger partial charge on any atom is 0.325 e. The molecule has 1 fully saturated rings. The molecule has 0 aromatic rings. The highest BCUT2D eigenvalue weighted by Gasteiger charge is 2.21. The molecule has 1 amide bonds. The lowest BCUT2D eigenvalue weighted by molar-refractivity contribution is -0.146. The van der Waals surface area contributed by atoms with Crippen molar-refractivity contribution in [2.75, 3.05) is 20.2 Å². The number of carbonyl (C=O) groups excluding carboxylic acids is 2. The predicted octanol–water partition coefficient (Wildman–Crippen LogP) is 1.12. The van der Waals surface area contributed by atoms with E-state index in [2.05, 4.69) is 11.3 Å². The highest BCUT2D eigenvalue weighted by molar-refractivity contribution is 5.94. The van der Waals surface area contributed by atoms with E-state index < -0.39 is 0 Å². The summed E-state index contributed by atoms with van der Waals surface area (Å²) in [6.45, 7) is 4.39. The van der Waals surface area contributed by atoms with Crippen molar-refractivity contribution < 1.29 is 14.3 Å². The minimum absolute atomic E-state index is 0.0361. The third kappa shape index (κ3) is 3.38. The van der Waals surface area contributed by atoms with E-state index in [1.165, 1.54) is 12.0 Å². The lowest BCUT2D eigenvalue weighted by Gasteiger charge is -2.24.